The van der Waals surface area contributed by atoms with Crippen LogP contribution in [0.3, 0.4) is 0 Å². The van der Waals surface area contributed by atoms with Gasteiger partial charge in [-0.15, -0.1) is 0 Å². The van der Waals surface area contributed by atoms with E-state index in [2.05, 4.69) is 5.32 Å². The van der Waals surface area contributed by atoms with Gasteiger partial charge in [-0.2, -0.15) is 0 Å². The van der Waals surface area contributed by atoms with Crippen LogP contribution in [0.5, 0.6) is 11.5 Å². The Morgan fingerprint density at radius 2 is 1.97 bits per heavy atom. The van der Waals surface area contributed by atoms with E-state index in [0.29, 0.717) is 40.9 Å². The molecule has 2 aliphatic rings. The van der Waals surface area contributed by atoms with Gasteiger partial charge in [0.1, 0.15) is 0 Å². The van der Waals surface area contributed by atoms with Crippen LogP contribution < -0.4 is 14.8 Å². The van der Waals surface area contributed by atoms with Crippen molar-refractivity contribution in [3.05, 3.63) is 46.1 Å². The van der Waals surface area contributed by atoms with Gasteiger partial charge in [-0.3, -0.25) is 4.79 Å². The summed E-state index contributed by atoms with van der Waals surface area (Å²) in [6, 6.07) is 4.96. The van der Waals surface area contributed by atoms with Crippen LogP contribution in [0.4, 0.5) is 0 Å². The highest BCUT2D eigenvalue weighted by Gasteiger charge is 2.43. The molecule has 3 rings (SSSR count). The summed E-state index contributed by atoms with van der Waals surface area (Å²) in [7, 11) is 4.48. The van der Waals surface area contributed by atoms with Crippen LogP contribution in [-0.2, 0) is 14.3 Å². The SMILES string of the molecule is CCNC(=O)CC1=CSC2=NC(CC)=C(C(=O)OC)C(c3cccc(OC)c3OC)N12. The van der Waals surface area contributed by atoms with Crippen LogP contribution >= 0.6 is 11.8 Å². The van der Waals surface area contributed by atoms with Gasteiger partial charge in [0, 0.05) is 17.8 Å². The largest absolute Gasteiger partial charge is 0.493 e. The van der Waals surface area contributed by atoms with Gasteiger partial charge in [-0.25, -0.2) is 9.79 Å². The number of benzene rings is 1. The molecule has 0 saturated carbocycles. The minimum Gasteiger partial charge on any atom is -0.493 e. The lowest BCUT2D eigenvalue weighted by atomic mass is 9.92. The van der Waals surface area contributed by atoms with E-state index in [-0.39, 0.29) is 12.3 Å². The predicted molar refractivity (Wildman–Crippen MR) is 120 cm³/mol. The quantitative estimate of drug-likeness (QED) is 0.614. The molecule has 1 atom stereocenters. The number of hydrogen-bond donors (Lipinski definition) is 1. The van der Waals surface area contributed by atoms with Crippen molar-refractivity contribution in [2.24, 2.45) is 4.99 Å². The molecule has 0 saturated heterocycles. The normalized spacial score (nSPS) is 17.6. The number of fused-ring (bicyclic) bond motifs is 1. The molecule has 1 unspecified atom stereocenters. The Labute approximate surface area is 186 Å². The summed E-state index contributed by atoms with van der Waals surface area (Å²) in [6.07, 6.45) is 0.718. The molecule has 31 heavy (non-hydrogen) atoms. The summed E-state index contributed by atoms with van der Waals surface area (Å²) < 4.78 is 16.3. The van der Waals surface area contributed by atoms with E-state index >= 15 is 0 Å². The zero-order chi connectivity index (χ0) is 22.5. The van der Waals surface area contributed by atoms with Gasteiger partial charge in [0.15, 0.2) is 16.7 Å². The number of thioether (sulfide) groups is 1. The fourth-order valence-electron chi connectivity index (χ4n) is 3.76. The molecule has 0 aromatic heterocycles. The van der Waals surface area contributed by atoms with E-state index in [1.54, 1.807) is 20.3 Å². The maximum atomic E-state index is 12.9. The van der Waals surface area contributed by atoms with Gasteiger partial charge in [-0.05, 0) is 24.8 Å². The standard InChI is InChI=1S/C22H27N3O5S/c1-6-15-18(21(27)30-5)19(14-9-8-10-16(28-3)20(14)29-4)25-13(11-17(26)23-7-2)12-31-22(25)24-15/h8-10,12,19H,6-7,11H2,1-5H3,(H,23,26). The van der Waals surface area contributed by atoms with Gasteiger partial charge in [0.2, 0.25) is 5.91 Å². The van der Waals surface area contributed by atoms with E-state index < -0.39 is 12.0 Å². The lowest BCUT2D eigenvalue weighted by Crippen LogP contribution is -2.38. The number of para-hydroxylation sites is 1. The third kappa shape index (κ3) is 4.27. The number of esters is 1. The summed E-state index contributed by atoms with van der Waals surface area (Å²) in [5.74, 6) is 0.496. The fourth-order valence-corrected chi connectivity index (χ4v) is 4.70. The summed E-state index contributed by atoms with van der Waals surface area (Å²) in [6.45, 7) is 4.36. The van der Waals surface area contributed by atoms with Gasteiger partial charge >= 0.3 is 5.97 Å². The Bertz CT molecular complexity index is 970. The summed E-state index contributed by atoms with van der Waals surface area (Å²) >= 11 is 1.43. The van der Waals surface area contributed by atoms with Crippen molar-refractivity contribution in [1.82, 2.24) is 10.2 Å². The van der Waals surface area contributed by atoms with E-state index in [9.17, 15) is 9.59 Å². The molecule has 1 aromatic carbocycles. The second kappa shape index (κ2) is 9.91. The molecule has 1 aromatic rings. The van der Waals surface area contributed by atoms with Crippen molar-refractivity contribution in [2.75, 3.05) is 27.9 Å². The highest BCUT2D eigenvalue weighted by molar-refractivity contribution is 8.16. The highest BCUT2D eigenvalue weighted by atomic mass is 32.2. The molecule has 1 amide bonds. The first-order chi connectivity index (χ1) is 15.0. The third-order valence-corrected chi connectivity index (χ3v) is 5.96. The summed E-state index contributed by atoms with van der Waals surface area (Å²) in [5.41, 5.74) is 2.55. The van der Waals surface area contributed by atoms with Crippen molar-refractivity contribution in [1.29, 1.82) is 0 Å². The number of allylic oxidation sites excluding steroid dienone is 1. The first kappa shape index (κ1) is 22.7. The minimum absolute atomic E-state index is 0.100. The second-order valence-electron chi connectivity index (χ2n) is 6.81. The van der Waals surface area contributed by atoms with Gasteiger partial charge in [0.25, 0.3) is 0 Å². The molecule has 0 radical (unpaired) electrons. The maximum absolute atomic E-state index is 12.9. The van der Waals surface area contributed by atoms with Gasteiger partial charge < -0.3 is 24.4 Å². The number of amidine groups is 1. The monoisotopic (exact) mass is 445 g/mol. The molecular formula is C22H27N3O5S. The van der Waals surface area contributed by atoms with Crippen LogP contribution in [0.1, 0.15) is 38.3 Å². The Morgan fingerprint density at radius 1 is 1.19 bits per heavy atom. The number of carbonyl (C=O) groups excluding carboxylic acids is 2. The fraction of sp³-hybridized carbons (Fsp3) is 0.409. The molecule has 0 spiro atoms. The number of rotatable bonds is 8. The van der Waals surface area contributed by atoms with Crippen molar-refractivity contribution in [3.8, 4) is 11.5 Å². The average molecular weight is 446 g/mol. The molecule has 2 heterocycles. The molecule has 0 fully saturated rings. The topological polar surface area (TPSA) is 89.5 Å². The number of nitrogens with zero attached hydrogens (tertiary/aromatic N) is 2. The van der Waals surface area contributed by atoms with E-state index in [1.807, 2.05) is 36.3 Å². The van der Waals surface area contributed by atoms with Crippen LogP contribution in [0.2, 0.25) is 0 Å². The Hall–Kier alpha value is -2.94. The van der Waals surface area contributed by atoms with Crippen LogP contribution in [-0.4, -0.2) is 49.8 Å². The van der Waals surface area contributed by atoms with E-state index in [4.69, 9.17) is 19.2 Å². The zero-order valence-corrected chi connectivity index (χ0v) is 19.2. The number of hydrogen-bond acceptors (Lipinski definition) is 8. The Morgan fingerprint density at radius 3 is 2.58 bits per heavy atom. The first-order valence-electron chi connectivity index (χ1n) is 10.0. The maximum Gasteiger partial charge on any atom is 0.338 e. The predicted octanol–water partition coefficient (Wildman–Crippen LogP) is 3.37. The van der Waals surface area contributed by atoms with Crippen LogP contribution in [0.25, 0.3) is 0 Å². The smallest absolute Gasteiger partial charge is 0.338 e. The minimum atomic E-state index is -0.573. The number of aliphatic imine (C=N–C) groups is 1. The number of carbonyl (C=O) groups is 2. The molecule has 1 N–H and O–H groups in total. The van der Waals surface area contributed by atoms with Crippen molar-refractivity contribution in [2.45, 2.75) is 32.7 Å². The molecule has 0 bridgehead atoms. The highest BCUT2D eigenvalue weighted by Crippen LogP contribution is 2.49. The number of methoxy groups -OCH3 is 3. The molecule has 2 aliphatic heterocycles. The summed E-state index contributed by atoms with van der Waals surface area (Å²) in [5, 5.41) is 5.44. The van der Waals surface area contributed by atoms with Crippen LogP contribution in [0, 0.1) is 0 Å². The van der Waals surface area contributed by atoms with E-state index in [0.717, 1.165) is 11.3 Å². The van der Waals surface area contributed by atoms with Crippen LogP contribution in [0.15, 0.2) is 45.6 Å². The molecule has 8 nitrogen and oxygen atoms in total. The van der Waals surface area contributed by atoms with E-state index in [1.165, 1.54) is 18.9 Å². The molecule has 0 aliphatic carbocycles. The van der Waals surface area contributed by atoms with Crippen molar-refractivity contribution in [3.63, 3.8) is 0 Å². The molecule has 166 valence electrons. The molecular weight excluding hydrogens is 418 g/mol. The van der Waals surface area contributed by atoms with Gasteiger partial charge in [0.05, 0.1) is 45.1 Å². The Kier molecular flexibility index (Phi) is 7.27. The van der Waals surface area contributed by atoms with Gasteiger partial charge in [-0.1, -0.05) is 30.8 Å². The van der Waals surface area contributed by atoms with Crippen molar-refractivity contribution >= 4 is 28.8 Å². The number of amides is 1. The lowest BCUT2D eigenvalue weighted by Gasteiger charge is -2.37. The number of nitrogens with one attached hydrogen (secondary N) is 1. The zero-order valence-electron chi connectivity index (χ0n) is 18.4. The Balaban J connectivity index is 2.20. The summed E-state index contributed by atoms with van der Waals surface area (Å²) in [4.78, 5) is 31.9. The van der Waals surface area contributed by atoms with Crippen molar-refractivity contribution < 1.29 is 23.8 Å². The number of ether oxygens (including phenoxy) is 3. The second-order valence-corrected chi connectivity index (χ2v) is 7.65. The average Bonchev–Trinajstić information content (AvgIpc) is 3.18. The molecule has 9 heteroatoms. The first-order valence-corrected chi connectivity index (χ1v) is 10.9. The third-order valence-electron chi connectivity index (χ3n) is 5.07. The lowest BCUT2D eigenvalue weighted by molar-refractivity contribution is -0.136.